The quantitative estimate of drug-likeness (QED) is 0.485. The highest BCUT2D eigenvalue weighted by Crippen LogP contribution is 2.60. The van der Waals surface area contributed by atoms with E-state index in [2.05, 4.69) is 33.4 Å². The summed E-state index contributed by atoms with van der Waals surface area (Å²) in [4.78, 5) is 0. The number of hydrogen-bond donors (Lipinski definition) is 2. The number of allylic oxidation sites excluding steroid dienone is 4. The molecule has 0 aromatic rings. The minimum atomic E-state index is -0.537. The van der Waals surface area contributed by atoms with Crippen molar-refractivity contribution in [3.8, 4) is 0 Å². The van der Waals surface area contributed by atoms with E-state index < -0.39 is 5.60 Å². The van der Waals surface area contributed by atoms with Crippen molar-refractivity contribution >= 4 is 0 Å². The van der Waals surface area contributed by atoms with Crippen molar-refractivity contribution in [2.24, 2.45) is 23.2 Å². The van der Waals surface area contributed by atoms with Gasteiger partial charge >= 0.3 is 0 Å². The minimum Gasteiger partial charge on any atom is -0.393 e. The topological polar surface area (TPSA) is 40.5 Å². The summed E-state index contributed by atoms with van der Waals surface area (Å²) in [6.45, 7) is 15.4. The van der Waals surface area contributed by atoms with Crippen molar-refractivity contribution in [1.82, 2.24) is 0 Å². The third-order valence-electron chi connectivity index (χ3n) is 8.70. The summed E-state index contributed by atoms with van der Waals surface area (Å²) in [5, 5.41) is 20.2. The number of aliphatic hydroxyl groups excluding tert-OH is 1. The van der Waals surface area contributed by atoms with E-state index in [9.17, 15) is 10.2 Å². The lowest BCUT2D eigenvalue weighted by Gasteiger charge is -2.44. The highest BCUT2D eigenvalue weighted by atomic mass is 16.3. The number of fused-ring (bicyclic) bond motifs is 1. The minimum absolute atomic E-state index is 0.198. The van der Waals surface area contributed by atoms with Gasteiger partial charge in [-0.15, -0.1) is 0 Å². The van der Waals surface area contributed by atoms with Crippen LogP contribution in [0.1, 0.15) is 105 Å². The fourth-order valence-corrected chi connectivity index (χ4v) is 7.02. The van der Waals surface area contributed by atoms with Crippen LogP contribution in [-0.2, 0) is 0 Å². The summed E-state index contributed by atoms with van der Waals surface area (Å²) in [5.74, 6) is 2.24. The molecule has 3 fully saturated rings. The smallest absolute Gasteiger partial charge is 0.0591 e. The van der Waals surface area contributed by atoms with Crippen LogP contribution in [0.3, 0.4) is 0 Å². The molecular formula is C28H46O2. The van der Waals surface area contributed by atoms with Crippen molar-refractivity contribution in [2.75, 3.05) is 0 Å². The molecule has 30 heavy (non-hydrogen) atoms. The highest BCUT2D eigenvalue weighted by Gasteiger charge is 2.50. The van der Waals surface area contributed by atoms with Gasteiger partial charge in [0.05, 0.1) is 11.7 Å². The fourth-order valence-electron chi connectivity index (χ4n) is 7.02. The fraction of sp³-hybridized carbons (Fsp3) is 0.786. The van der Waals surface area contributed by atoms with Crippen LogP contribution in [-0.4, -0.2) is 21.9 Å². The van der Waals surface area contributed by atoms with Crippen LogP contribution in [0.4, 0.5) is 0 Å². The number of aliphatic hydroxyl groups is 2. The van der Waals surface area contributed by atoms with Gasteiger partial charge in [0, 0.05) is 0 Å². The van der Waals surface area contributed by atoms with Crippen LogP contribution in [0.5, 0.6) is 0 Å². The Morgan fingerprint density at radius 2 is 2.00 bits per heavy atom. The predicted octanol–water partition coefficient (Wildman–Crippen LogP) is 7.12. The van der Waals surface area contributed by atoms with Crippen LogP contribution < -0.4 is 0 Å². The lowest BCUT2D eigenvalue weighted by Crippen LogP contribution is -2.36. The van der Waals surface area contributed by atoms with Crippen molar-refractivity contribution in [3.05, 3.63) is 34.9 Å². The summed E-state index contributed by atoms with van der Waals surface area (Å²) in [6, 6.07) is 0. The van der Waals surface area contributed by atoms with Crippen molar-refractivity contribution in [1.29, 1.82) is 0 Å². The predicted molar refractivity (Wildman–Crippen MR) is 127 cm³/mol. The summed E-state index contributed by atoms with van der Waals surface area (Å²) in [5.41, 5.74) is 5.44. The lowest BCUT2D eigenvalue weighted by atomic mass is 9.60. The summed E-state index contributed by atoms with van der Waals surface area (Å²) in [6.07, 6.45) is 14.7. The van der Waals surface area contributed by atoms with Gasteiger partial charge in [-0.1, -0.05) is 50.5 Å². The molecule has 0 aliphatic heterocycles. The first-order valence-corrected chi connectivity index (χ1v) is 12.5. The van der Waals surface area contributed by atoms with Gasteiger partial charge in [0.2, 0.25) is 0 Å². The average molecular weight is 415 g/mol. The maximum absolute atomic E-state index is 10.1. The van der Waals surface area contributed by atoms with E-state index in [1.807, 2.05) is 13.8 Å². The Morgan fingerprint density at radius 1 is 1.27 bits per heavy atom. The molecule has 0 aromatic carbocycles. The zero-order chi connectivity index (χ0) is 22.1. The molecule has 170 valence electrons. The van der Waals surface area contributed by atoms with E-state index in [1.165, 1.54) is 55.2 Å². The second kappa shape index (κ2) is 9.33. The van der Waals surface area contributed by atoms with Crippen molar-refractivity contribution < 1.29 is 10.2 Å². The SMILES string of the molecule is C=C1CC[C@H](O)C/C1=C(C)/C=C1\CCC[C@]2(C)[C@@H]([C@H](C)CCCC(C)(C)O)CC[C@@H]12. The molecule has 5 atom stereocenters. The number of hydrogen-bond acceptors (Lipinski definition) is 2. The van der Waals surface area contributed by atoms with E-state index in [-0.39, 0.29) is 6.10 Å². The maximum atomic E-state index is 10.1. The van der Waals surface area contributed by atoms with Gasteiger partial charge in [-0.2, -0.15) is 0 Å². The molecule has 2 heteroatoms. The summed E-state index contributed by atoms with van der Waals surface area (Å²) < 4.78 is 0. The van der Waals surface area contributed by atoms with Crippen molar-refractivity contribution in [2.45, 2.75) is 117 Å². The lowest BCUT2D eigenvalue weighted by molar-refractivity contribution is 0.0596. The third-order valence-corrected chi connectivity index (χ3v) is 8.70. The monoisotopic (exact) mass is 414 g/mol. The van der Waals surface area contributed by atoms with Gasteiger partial charge in [0.15, 0.2) is 0 Å². The molecule has 0 heterocycles. The molecule has 3 aliphatic carbocycles. The van der Waals surface area contributed by atoms with E-state index >= 15 is 0 Å². The molecule has 0 spiro atoms. The highest BCUT2D eigenvalue weighted by molar-refractivity contribution is 5.41. The van der Waals surface area contributed by atoms with E-state index in [0.29, 0.717) is 11.3 Å². The molecule has 2 N–H and O–H groups in total. The molecule has 2 nitrogen and oxygen atoms in total. The molecule has 0 aromatic heterocycles. The van der Waals surface area contributed by atoms with Gasteiger partial charge in [-0.05, 0) is 113 Å². The Hall–Kier alpha value is -0.860. The first kappa shape index (κ1) is 23.8. The first-order valence-electron chi connectivity index (χ1n) is 12.5. The summed E-state index contributed by atoms with van der Waals surface area (Å²) >= 11 is 0. The van der Waals surface area contributed by atoms with E-state index in [4.69, 9.17) is 0 Å². The standard InChI is InChI=1S/C28H46O2/c1-19-11-12-23(29)18-24(19)21(3)17-22-10-8-16-28(6)25(13-14-26(22)28)20(2)9-7-15-27(4,5)30/h17,20,23,25-26,29-30H,1,7-16,18H2,2-6H3/b22-17+,24-21-/t20-,23+,25-,26+,28-/m1/s1. The summed E-state index contributed by atoms with van der Waals surface area (Å²) in [7, 11) is 0. The third kappa shape index (κ3) is 5.30. The second-order valence-corrected chi connectivity index (χ2v) is 11.7. The zero-order valence-electron chi connectivity index (χ0n) is 20.3. The molecule has 3 aliphatic rings. The van der Waals surface area contributed by atoms with Crippen LogP contribution >= 0.6 is 0 Å². The van der Waals surface area contributed by atoms with Crippen LogP contribution in [0.2, 0.25) is 0 Å². The zero-order valence-corrected chi connectivity index (χ0v) is 20.3. The molecule has 0 bridgehead atoms. The first-order chi connectivity index (χ1) is 14.0. The Balaban J connectivity index is 1.74. The van der Waals surface area contributed by atoms with Crippen LogP contribution in [0.25, 0.3) is 0 Å². The molecule has 0 amide bonds. The Kier molecular flexibility index (Phi) is 7.40. The van der Waals surface area contributed by atoms with E-state index in [1.54, 1.807) is 5.57 Å². The normalized spacial score (nSPS) is 36.7. The molecular weight excluding hydrogens is 368 g/mol. The van der Waals surface area contributed by atoms with Crippen LogP contribution in [0.15, 0.2) is 34.9 Å². The Labute approximate surface area is 185 Å². The molecule has 0 radical (unpaired) electrons. The Bertz CT molecular complexity index is 692. The second-order valence-electron chi connectivity index (χ2n) is 11.7. The largest absolute Gasteiger partial charge is 0.393 e. The van der Waals surface area contributed by atoms with Gasteiger partial charge in [-0.3, -0.25) is 0 Å². The number of rotatable bonds is 6. The van der Waals surface area contributed by atoms with Crippen molar-refractivity contribution in [3.63, 3.8) is 0 Å². The molecule has 0 unspecified atom stereocenters. The Morgan fingerprint density at radius 3 is 2.70 bits per heavy atom. The van der Waals surface area contributed by atoms with Crippen LogP contribution in [0, 0.1) is 23.2 Å². The molecule has 3 saturated carbocycles. The van der Waals surface area contributed by atoms with Gasteiger partial charge < -0.3 is 10.2 Å². The van der Waals surface area contributed by atoms with Gasteiger partial charge in [-0.25, -0.2) is 0 Å². The average Bonchev–Trinajstić information content (AvgIpc) is 3.00. The molecule has 3 rings (SSSR count). The van der Waals surface area contributed by atoms with E-state index in [0.717, 1.165) is 43.9 Å². The molecule has 0 saturated heterocycles. The van der Waals surface area contributed by atoms with Gasteiger partial charge in [0.25, 0.3) is 0 Å². The van der Waals surface area contributed by atoms with Gasteiger partial charge in [0.1, 0.15) is 0 Å². The maximum Gasteiger partial charge on any atom is 0.0591 e.